The second kappa shape index (κ2) is 11.3. The van der Waals surface area contributed by atoms with Gasteiger partial charge in [-0.2, -0.15) is 5.26 Å². The van der Waals surface area contributed by atoms with E-state index in [1.165, 1.54) is 0 Å². The molecule has 0 spiro atoms. The molecular weight excluding hydrogens is 404 g/mol. The van der Waals surface area contributed by atoms with Crippen LogP contribution in [0.3, 0.4) is 0 Å². The van der Waals surface area contributed by atoms with Crippen molar-refractivity contribution in [1.82, 2.24) is 5.32 Å². The van der Waals surface area contributed by atoms with Crippen LogP contribution in [0.1, 0.15) is 29.5 Å². The van der Waals surface area contributed by atoms with Gasteiger partial charge in [0.1, 0.15) is 11.7 Å². The quantitative estimate of drug-likeness (QED) is 0.557. The maximum Gasteiger partial charge on any atom is 0.237 e. The van der Waals surface area contributed by atoms with Crippen LogP contribution in [-0.2, 0) is 11.3 Å². The molecule has 1 N–H and O–H groups in total. The average molecular weight is 431 g/mol. The van der Waals surface area contributed by atoms with Gasteiger partial charge in [0.2, 0.25) is 5.91 Å². The van der Waals surface area contributed by atoms with E-state index in [4.69, 9.17) is 25.8 Å². The fourth-order valence-electron chi connectivity index (χ4n) is 3.02. The normalized spacial score (nSPS) is 11.3. The SMILES string of the molecule is COc1ccc(CNC(=O)C(C#N)CCCOc2cc(C)c(Cl)c(C)c2)cc1OC. The lowest BCUT2D eigenvalue weighted by Crippen LogP contribution is -2.29. The summed E-state index contributed by atoms with van der Waals surface area (Å²) in [5.74, 6) is 0.910. The van der Waals surface area contributed by atoms with Crippen LogP contribution >= 0.6 is 11.6 Å². The third-order valence-electron chi connectivity index (χ3n) is 4.70. The van der Waals surface area contributed by atoms with Crippen molar-refractivity contribution in [2.45, 2.75) is 33.2 Å². The Morgan fingerprint density at radius 2 is 1.80 bits per heavy atom. The number of hydrogen-bond donors (Lipinski definition) is 1. The van der Waals surface area contributed by atoms with Crippen LogP contribution in [-0.4, -0.2) is 26.7 Å². The van der Waals surface area contributed by atoms with Crippen molar-refractivity contribution < 1.29 is 19.0 Å². The van der Waals surface area contributed by atoms with E-state index in [9.17, 15) is 10.1 Å². The molecule has 0 aliphatic carbocycles. The van der Waals surface area contributed by atoms with Gasteiger partial charge in [-0.25, -0.2) is 0 Å². The molecule has 0 saturated carbocycles. The van der Waals surface area contributed by atoms with E-state index in [1.54, 1.807) is 26.4 Å². The zero-order valence-corrected chi connectivity index (χ0v) is 18.5. The molecule has 0 aromatic heterocycles. The summed E-state index contributed by atoms with van der Waals surface area (Å²) >= 11 is 6.16. The lowest BCUT2D eigenvalue weighted by molar-refractivity contribution is -0.123. The molecule has 160 valence electrons. The zero-order valence-electron chi connectivity index (χ0n) is 17.8. The Kier molecular flexibility index (Phi) is 8.82. The van der Waals surface area contributed by atoms with E-state index in [-0.39, 0.29) is 5.91 Å². The maximum absolute atomic E-state index is 12.4. The van der Waals surface area contributed by atoms with Crippen molar-refractivity contribution in [3.8, 4) is 23.3 Å². The van der Waals surface area contributed by atoms with Crippen molar-refractivity contribution in [3.63, 3.8) is 0 Å². The second-order valence-corrected chi connectivity index (χ2v) is 7.33. The second-order valence-electron chi connectivity index (χ2n) is 6.95. The number of hydrogen-bond acceptors (Lipinski definition) is 5. The maximum atomic E-state index is 12.4. The lowest BCUT2D eigenvalue weighted by atomic mass is 10.0. The van der Waals surface area contributed by atoms with Gasteiger partial charge in [0.15, 0.2) is 11.5 Å². The molecule has 1 amide bonds. The van der Waals surface area contributed by atoms with E-state index in [2.05, 4.69) is 11.4 Å². The van der Waals surface area contributed by atoms with Gasteiger partial charge in [0, 0.05) is 11.6 Å². The largest absolute Gasteiger partial charge is 0.494 e. The molecule has 1 atom stereocenters. The molecular formula is C23H27ClN2O4. The molecule has 0 saturated heterocycles. The number of nitriles is 1. The van der Waals surface area contributed by atoms with E-state index in [0.717, 1.165) is 27.5 Å². The first kappa shape index (κ1) is 23.4. The van der Waals surface area contributed by atoms with Gasteiger partial charge in [-0.3, -0.25) is 4.79 Å². The van der Waals surface area contributed by atoms with Crippen LogP contribution in [0.15, 0.2) is 30.3 Å². The zero-order chi connectivity index (χ0) is 22.1. The van der Waals surface area contributed by atoms with Crippen LogP contribution < -0.4 is 19.5 Å². The number of halogens is 1. The van der Waals surface area contributed by atoms with Crippen LogP contribution in [0, 0.1) is 31.1 Å². The highest BCUT2D eigenvalue weighted by molar-refractivity contribution is 6.32. The predicted octanol–water partition coefficient (Wildman–Crippen LogP) is 4.59. The summed E-state index contributed by atoms with van der Waals surface area (Å²) in [5.41, 5.74) is 2.77. The standard InChI is InChI=1S/C23H27ClN2O4/c1-15-10-19(11-16(2)22(15)24)30-9-5-6-18(13-25)23(27)26-14-17-7-8-20(28-3)21(12-17)29-4/h7-8,10-12,18H,5-6,9,14H2,1-4H3,(H,26,27). The van der Waals surface area contributed by atoms with Gasteiger partial charge in [-0.05, 0) is 67.6 Å². The molecule has 0 bridgehead atoms. The molecule has 2 aromatic carbocycles. The Hall–Kier alpha value is -2.91. The summed E-state index contributed by atoms with van der Waals surface area (Å²) in [7, 11) is 3.12. The highest BCUT2D eigenvalue weighted by atomic mass is 35.5. The fourth-order valence-corrected chi connectivity index (χ4v) is 3.13. The van der Waals surface area contributed by atoms with Gasteiger partial charge < -0.3 is 19.5 Å². The Morgan fingerprint density at radius 3 is 2.40 bits per heavy atom. The van der Waals surface area contributed by atoms with Crippen molar-refractivity contribution in [2.75, 3.05) is 20.8 Å². The molecule has 2 aromatic rings. The van der Waals surface area contributed by atoms with Gasteiger partial charge >= 0.3 is 0 Å². The molecule has 0 aliphatic heterocycles. The number of carbonyl (C=O) groups excluding carboxylic acids is 1. The summed E-state index contributed by atoms with van der Waals surface area (Å²) in [6.45, 7) is 4.58. The minimum Gasteiger partial charge on any atom is -0.494 e. The first-order valence-electron chi connectivity index (χ1n) is 9.67. The number of methoxy groups -OCH3 is 2. The number of ether oxygens (including phenoxy) is 3. The van der Waals surface area contributed by atoms with Crippen molar-refractivity contribution in [3.05, 3.63) is 52.0 Å². The minimum absolute atomic E-state index is 0.300. The molecule has 0 fully saturated rings. The Bertz CT molecular complexity index is 901. The molecule has 1 unspecified atom stereocenters. The minimum atomic E-state index is -0.734. The first-order valence-corrected chi connectivity index (χ1v) is 10.0. The lowest BCUT2D eigenvalue weighted by Gasteiger charge is -2.13. The van der Waals surface area contributed by atoms with Gasteiger partial charge in [0.25, 0.3) is 0 Å². The van der Waals surface area contributed by atoms with Crippen LogP contribution in [0.5, 0.6) is 17.2 Å². The number of amides is 1. The van der Waals surface area contributed by atoms with Gasteiger partial charge in [-0.15, -0.1) is 0 Å². The van der Waals surface area contributed by atoms with E-state index >= 15 is 0 Å². The highest BCUT2D eigenvalue weighted by Gasteiger charge is 2.17. The number of rotatable bonds is 10. The Labute approximate surface area is 182 Å². The highest BCUT2D eigenvalue weighted by Crippen LogP contribution is 2.28. The van der Waals surface area contributed by atoms with Gasteiger partial charge in [-0.1, -0.05) is 17.7 Å². The number of aryl methyl sites for hydroxylation is 2. The number of nitrogens with zero attached hydrogens (tertiary/aromatic N) is 1. The number of benzene rings is 2. The van der Waals surface area contributed by atoms with E-state index < -0.39 is 5.92 Å². The molecule has 30 heavy (non-hydrogen) atoms. The summed E-state index contributed by atoms with van der Waals surface area (Å²) < 4.78 is 16.2. The number of nitrogens with one attached hydrogen (secondary N) is 1. The molecule has 6 nitrogen and oxygen atoms in total. The molecule has 2 rings (SSSR count). The number of carbonyl (C=O) groups is 1. The Morgan fingerprint density at radius 1 is 1.13 bits per heavy atom. The third-order valence-corrected chi connectivity index (χ3v) is 5.30. The van der Waals surface area contributed by atoms with E-state index in [0.29, 0.717) is 37.5 Å². The van der Waals surface area contributed by atoms with Crippen molar-refractivity contribution in [2.24, 2.45) is 5.92 Å². The summed E-state index contributed by atoms with van der Waals surface area (Å²) in [5, 5.41) is 12.9. The van der Waals surface area contributed by atoms with Crippen LogP contribution in [0.4, 0.5) is 0 Å². The average Bonchev–Trinajstić information content (AvgIpc) is 2.75. The molecule has 0 aliphatic rings. The molecule has 7 heteroatoms. The van der Waals surface area contributed by atoms with Crippen LogP contribution in [0.25, 0.3) is 0 Å². The van der Waals surface area contributed by atoms with Crippen LogP contribution in [0.2, 0.25) is 5.02 Å². The monoisotopic (exact) mass is 430 g/mol. The molecule has 0 radical (unpaired) electrons. The first-order chi connectivity index (χ1) is 14.4. The Balaban J connectivity index is 1.82. The molecule has 0 heterocycles. The summed E-state index contributed by atoms with van der Waals surface area (Å²) in [4.78, 5) is 12.4. The summed E-state index contributed by atoms with van der Waals surface area (Å²) in [6, 6.07) is 11.3. The predicted molar refractivity (Wildman–Crippen MR) is 116 cm³/mol. The third kappa shape index (κ3) is 6.30. The van der Waals surface area contributed by atoms with Crippen molar-refractivity contribution in [1.29, 1.82) is 5.26 Å². The van der Waals surface area contributed by atoms with E-state index in [1.807, 2.05) is 32.0 Å². The van der Waals surface area contributed by atoms with Gasteiger partial charge in [0.05, 0.1) is 26.9 Å². The fraction of sp³-hybridized carbons (Fsp3) is 0.391. The van der Waals surface area contributed by atoms with Crippen molar-refractivity contribution >= 4 is 17.5 Å². The summed E-state index contributed by atoms with van der Waals surface area (Å²) in [6.07, 6.45) is 1.00. The topological polar surface area (TPSA) is 80.6 Å². The smallest absolute Gasteiger partial charge is 0.237 e.